The lowest BCUT2D eigenvalue weighted by molar-refractivity contribution is -0.458. The Morgan fingerprint density at radius 3 is 2.22 bits per heavy atom. The average molecular weight is 321 g/mol. The van der Waals surface area contributed by atoms with Gasteiger partial charge in [0, 0.05) is 17.2 Å². The number of ether oxygens (including phenoxy) is 1. The van der Waals surface area contributed by atoms with Crippen molar-refractivity contribution in [2.24, 2.45) is 0 Å². The zero-order valence-electron chi connectivity index (χ0n) is 11.6. The number of halogens is 3. The second kappa shape index (κ2) is 5.12. The van der Waals surface area contributed by atoms with E-state index in [-0.39, 0.29) is 16.9 Å². The quantitative estimate of drug-likeness (QED) is 0.616. The van der Waals surface area contributed by atoms with Crippen molar-refractivity contribution in [2.75, 3.05) is 0 Å². The first-order valence-corrected chi connectivity index (χ1v) is 6.63. The highest BCUT2D eigenvalue weighted by atomic mass is 19.4. The van der Waals surface area contributed by atoms with E-state index in [4.69, 9.17) is 4.74 Å². The van der Waals surface area contributed by atoms with E-state index in [0.717, 1.165) is 6.08 Å². The highest BCUT2D eigenvalue weighted by Crippen LogP contribution is 2.51. The van der Waals surface area contributed by atoms with Crippen LogP contribution in [-0.2, 0) is 5.60 Å². The van der Waals surface area contributed by atoms with E-state index in [9.17, 15) is 23.3 Å². The summed E-state index contributed by atoms with van der Waals surface area (Å²) in [4.78, 5) is 10.3. The van der Waals surface area contributed by atoms with E-state index in [0.29, 0.717) is 0 Å². The first-order valence-electron chi connectivity index (χ1n) is 6.63. The Morgan fingerprint density at radius 2 is 1.61 bits per heavy atom. The molecule has 0 amide bonds. The molecule has 2 aromatic rings. The van der Waals surface area contributed by atoms with Gasteiger partial charge in [-0.2, -0.15) is 13.2 Å². The number of hydrogen-bond acceptors (Lipinski definition) is 3. The molecule has 4 nitrogen and oxygen atoms in total. The van der Waals surface area contributed by atoms with Crippen LogP contribution in [0.3, 0.4) is 0 Å². The van der Waals surface area contributed by atoms with Crippen LogP contribution >= 0.6 is 0 Å². The molecule has 0 fully saturated rings. The summed E-state index contributed by atoms with van der Waals surface area (Å²) in [6.45, 7) is 0. The number of para-hydroxylation sites is 1. The third-order valence-electron chi connectivity index (χ3n) is 3.61. The van der Waals surface area contributed by atoms with Crippen LogP contribution in [0.5, 0.6) is 5.75 Å². The highest BCUT2D eigenvalue weighted by Gasteiger charge is 2.68. The maximum atomic E-state index is 13.9. The molecular formula is C16H10F3NO3. The number of rotatable bonds is 2. The largest absolute Gasteiger partial charge is 0.462 e. The molecule has 0 saturated heterocycles. The van der Waals surface area contributed by atoms with Crippen molar-refractivity contribution in [3.8, 4) is 5.75 Å². The SMILES string of the molecule is O=[N+]([O-])C1=Cc2ccccc2OC1(c1ccccc1)C(F)(F)F. The second-order valence-electron chi connectivity index (χ2n) is 4.97. The number of benzene rings is 2. The summed E-state index contributed by atoms with van der Waals surface area (Å²) < 4.78 is 47.0. The number of fused-ring (bicyclic) bond motifs is 1. The van der Waals surface area contributed by atoms with Crippen LogP contribution in [0.15, 0.2) is 60.3 Å². The molecule has 0 spiro atoms. The van der Waals surface area contributed by atoms with Crippen molar-refractivity contribution in [3.63, 3.8) is 0 Å². The summed E-state index contributed by atoms with van der Waals surface area (Å²) >= 11 is 0. The number of nitrogens with zero attached hydrogens (tertiary/aromatic N) is 1. The van der Waals surface area contributed by atoms with Crippen LogP contribution in [0.2, 0.25) is 0 Å². The topological polar surface area (TPSA) is 52.4 Å². The number of nitro groups is 1. The normalized spacial score (nSPS) is 20.2. The first kappa shape index (κ1) is 15.1. The van der Waals surface area contributed by atoms with E-state index in [1.54, 1.807) is 6.07 Å². The molecule has 0 aliphatic carbocycles. The van der Waals surface area contributed by atoms with E-state index < -0.39 is 22.4 Å². The Balaban J connectivity index is 2.34. The van der Waals surface area contributed by atoms with Crippen LogP contribution in [-0.4, -0.2) is 11.1 Å². The molecule has 23 heavy (non-hydrogen) atoms. The van der Waals surface area contributed by atoms with Crippen LogP contribution in [0.4, 0.5) is 13.2 Å². The molecule has 0 saturated carbocycles. The second-order valence-corrected chi connectivity index (χ2v) is 4.97. The predicted octanol–water partition coefficient (Wildman–Crippen LogP) is 4.15. The smallest absolute Gasteiger partial charge is 0.443 e. The van der Waals surface area contributed by atoms with Crippen molar-refractivity contribution >= 4 is 6.08 Å². The van der Waals surface area contributed by atoms with Gasteiger partial charge in [-0.1, -0.05) is 48.5 Å². The summed E-state index contributed by atoms with van der Waals surface area (Å²) in [5, 5.41) is 11.4. The lowest BCUT2D eigenvalue weighted by atomic mass is 9.86. The van der Waals surface area contributed by atoms with Crippen LogP contribution < -0.4 is 4.74 Å². The third-order valence-corrected chi connectivity index (χ3v) is 3.61. The molecule has 0 bridgehead atoms. The van der Waals surface area contributed by atoms with Gasteiger partial charge in [-0.25, -0.2) is 0 Å². The predicted molar refractivity (Wildman–Crippen MR) is 76.2 cm³/mol. The molecular weight excluding hydrogens is 311 g/mol. The number of alkyl halides is 3. The van der Waals surface area contributed by atoms with Gasteiger partial charge >= 0.3 is 17.5 Å². The standard InChI is InChI=1S/C16H10F3NO3/c17-16(18,19)15(12-7-2-1-3-8-12)14(20(21)22)10-11-6-4-5-9-13(11)23-15/h1-10H. The van der Waals surface area contributed by atoms with Gasteiger partial charge in [0.15, 0.2) is 0 Å². The Kier molecular flexibility index (Phi) is 3.35. The van der Waals surface area contributed by atoms with E-state index in [1.807, 2.05) is 0 Å². The molecule has 1 heterocycles. The molecule has 0 N–H and O–H groups in total. The molecule has 118 valence electrons. The number of hydrogen-bond donors (Lipinski definition) is 0. The molecule has 7 heteroatoms. The van der Waals surface area contributed by atoms with Gasteiger partial charge in [-0.15, -0.1) is 0 Å². The first-order chi connectivity index (χ1) is 10.9. The Labute approximate surface area is 129 Å². The fourth-order valence-corrected chi connectivity index (χ4v) is 2.59. The molecule has 1 aliphatic rings. The molecule has 1 aliphatic heterocycles. The van der Waals surface area contributed by atoms with Gasteiger partial charge in [0.1, 0.15) is 5.75 Å². The van der Waals surface area contributed by atoms with Crippen molar-refractivity contribution < 1.29 is 22.8 Å². The fraction of sp³-hybridized carbons (Fsp3) is 0.125. The van der Waals surface area contributed by atoms with Crippen molar-refractivity contribution in [1.82, 2.24) is 0 Å². The summed E-state index contributed by atoms with van der Waals surface area (Å²) in [6, 6.07) is 12.5. The average Bonchev–Trinajstić information content (AvgIpc) is 2.53. The maximum Gasteiger partial charge on any atom is 0.443 e. The summed E-state index contributed by atoms with van der Waals surface area (Å²) in [7, 11) is 0. The highest BCUT2D eigenvalue weighted by molar-refractivity contribution is 5.64. The molecule has 3 rings (SSSR count). The van der Waals surface area contributed by atoms with Gasteiger partial charge in [0.25, 0.3) is 0 Å². The van der Waals surface area contributed by atoms with Gasteiger partial charge in [-0.3, -0.25) is 10.1 Å². The summed E-state index contributed by atoms with van der Waals surface area (Å²) in [5.41, 5.74) is -4.32. The van der Waals surface area contributed by atoms with Gasteiger partial charge < -0.3 is 4.74 Å². The van der Waals surface area contributed by atoms with E-state index >= 15 is 0 Å². The van der Waals surface area contributed by atoms with E-state index in [2.05, 4.69) is 0 Å². The maximum absolute atomic E-state index is 13.9. The Morgan fingerprint density at radius 1 is 1.00 bits per heavy atom. The fourth-order valence-electron chi connectivity index (χ4n) is 2.59. The Bertz CT molecular complexity index is 787. The van der Waals surface area contributed by atoms with Gasteiger partial charge in [0.2, 0.25) is 0 Å². The molecule has 1 atom stereocenters. The molecule has 2 aromatic carbocycles. The minimum absolute atomic E-state index is 0.0562. The van der Waals surface area contributed by atoms with Crippen LogP contribution in [0.1, 0.15) is 11.1 Å². The third kappa shape index (κ3) is 2.25. The zero-order valence-corrected chi connectivity index (χ0v) is 11.6. The van der Waals surface area contributed by atoms with Crippen molar-refractivity contribution in [3.05, 3.63) is 81.5 Å². The Hall–Kier alpha value is -2.83. The minimum atomic E-state index is -5.01. The molecule has 0 aromatic heterocycles. The monoisotopic (exact) mass is 321 g/mol. The van der Waals surface area contributed by atoms with Crippen molar-refractivity contribution in [2.45, 2.75) is 11.8 Å². The van der Waals surface area contributed by atoms with Crippen LogP contribution in [0.25, 0.3) is 6.08 Å². The van der Waals surface area contributed by atoms with E-state index in [1.165, 1.54) is 48.5 Å². The summed E-state index contributed by atoms with van der Waals surface area (Å²) in [5.74, 6) is -0.0562. The van der Waals surface area contributed by atoms with Crippen molar-refractivity contribution in [1.29, 1.82) is 0 Å². The molecule has 0 radical (unpaired) electrons. The van der Waals surface area contributed by atoms with Gasteiger partial charge in [0.05, 0.1) is 4.92 Å². The molecule has 1 unspecified atom stereocenters. The zero-order chi connectivity index (χ0) is 16.7. The summed E-state index contributed by atoms with van der Waals surface area (Å²) in [6.07, 6.45) is -4.10. The lowest BCUT2D eigenvalue weighted by Crippen LogP contribution is -2.52. The lowest BCUT2D eigenvalue weighted by Gasteiger charge is -2.36. The van der Waals surface area contributed by atoms with Gasteiger partial charge in [-0.05, 0) is 6.07 Å². The minimum Gasteiger partial charge on any atom is -0.462 e. The van der Waals surface area contributed by atoms with Crippen LogP contribution in [0, 0.1) is 10.1 Å².